The minimum absolute atomic E-state index is 0.0775. The van der Waals surface area contributed by atoms with Gasteiger partial charge in [0.25, 0.3) is 0 Å². The summed E-state index contributed by atoms with van der Waals surface area (Å²) in [5, 5.41) is 0. The maximum absolute atomic E-state index is 12.7. The molecule has 15 heavy (non-hydrogen) atoms. The molecule has 0 atom stereocenters. The smallest absolute Gasteiger partial charge is 0.126 e. The standard InChI is InChI=1S/C13H13FO/c1-10-2-6-12(7-3-10)15-13-8-4-11(14)5-9-13/h2-4,6-8H,5,9H2,1H3. The van der Waals surface area contributed by atoms with E-state index in [0.717, 1.165) is 11.5 Å². The highest BCUT2D eigenvalue weighted by Gasteiger charge is 2.07. The topological polar surface area (TPSA) is 9.23 Å². The summed E-state index contributed by atoms with van der Waals surface area (Å²) in [6, 6.07) is 7.83. The average Bonchev–Trinajstić information content (AvgIpc) is 2.25. The maximum atomic E-state index is 12.7. The Balaban J connectivity index is 2.06. The first-order chi connectivity index (χ1) is 7.24. The van der Waals surface area contributed by atoms with Crippen LogP contribution in [0, 0.1) is 6.92 Å². The van der Waals surface area contributed by atoms with Crippen molar-refractivity contribution in [3.63, 3.8) is 0 Å². The Hall–Kier alpha value is -1.57. The second-order valence-electron chi connectivity index (χ2n) is 3.66. The van der Waals surface area contributed by atoms with Crippen LogP contribution in [0.5, 0.6) is 5.75 Å². The number of halogens is 1. The summed E-state index contributed by atoms with van der Waals surface area (Å²) in [5.41, 5.74) is 1.20. The van der Waals surface area contributed by atoms with Crippen molar-refractivity contribution in [3.05, 3.63) is 53.6 Å². The van der Waals surface area contributed by atoms with Crippen LogP contribution in [0.3, 0.4) is 0 Å². The van der Waals surface area contributed by atoms with Gasteiger partial charge in [0.2, 0.25) is 0 Å². The monoisotopic (exact) mass is 204 g/mol. The van der Waals surface area contributed by atoms with Gasteiger partial charge in [-0.25, -0.2) is 4.39 Å². The van der Waals surface area contributed by atoms with E-state index in [9.17, 15) is 4.39 Å². The summed E-state index contributed by atoms with van der Waals surface area (Å²) in [6.07, 6.45) is 4.24. The predicted molar refractivity (Wildman–Crippen MR) is 58.3 cm³/mol. The van der Waals surface area contributed by atoms with Crippen molar-refractivity contribution in [1.82, 2.24) is 0 Å². The fraction of sp³-hybridized carbons (Fsp3) is 0.231. The molecule has 0 bridgehead atoms. The lowest BCUT2D eigenvalue weighted by atomic mass is 10.1. The highest BCUT2D eigenvalue weighted by Crippen LogP contribution is 2.22. The Morgan fingerprint density at radius 1 is 1.07 bits per heavy atom. The summed E-state index contributed by atoms with van der Waals surface area (Å²) in [7, 11) is 0. The molecule has 0 unspecified atom stereocenters. The van der Waals surface area contributed by atoms with Gasteiger partial charge in [0.05, 0.1) is 0 Å². The number of benzene rings is 1. The summed E-state index contributed by atoms with van der Waals surface area (Å²) < 4.78 is 18.3. The molecule has 1 aliphatic carbocycles. The predicted octanol–water partition coefficient (Wildman–Crippen LogP) is 3.90. The maximum Gasteiger partial charge on any atom is 0.126 e. The van der Waals surface area contributed by atoms with E-state index in [-0.39, 0.29) is 5.83 Å². The van der Waals surface area contributed by atoms with Gasteiger partial charge in [-0.3, -0.25) is 0 Å². The zero-order chi connectivity index (χ0) is 10.7. The lowest BCUT2D eigenvalue weighted by Crippen LogP contribution is -1.98. The zero-order valence-electron chi connectivity index (χ0n) is 8.66. The molecule has 0 saturated heterocycles. The molecule has 1 aliphatic rings. The average molecular weight is 204 g/mol. The number of aryl methyl sites for hydroxylation is 1. The zero-order valence-corrected chi connectivity index (χ0v) is 8.66. The highest BCUT2D eigenvalue weighted by atomic mass is 19.1. The van der Waals surface area contributed by atoms with E-state index in [4.69, 9.17) is 4.74 Å². The van der Waals surface area contributed by atoms with Gasteiger partial charge >= 0.3 is 0 Å². The molecule has 0 fully saturated rings. The molecule has 2 heteroatoms. The first-order valence-electron chi connectivity index (χ1n) is 5.04. The van der Waals surface area contributed by atoms with Gasteiger partial charge in [-0.2, -0.15) is 0 Å². The van der Waals surface area contributed by atoms with Gasteiger partial charge in [-0.05, 0) is 31.2 Å². The van der Waals surface area contributed by atoms with E-state index in [0.29, 0.717) is 12.8 Å². The van der Waals surface area contributed by atoms with Crippen molar-refractivity contribution >= 4 is 0 Å². The lowest BCUT2D eigenvalue weighted by molar-refractivity contribution is 0.392. The summed E-state index contributed by atoms with van der Waals surface area (Å²) >= 11 is 0. The van der Waals surface area contributed by atoms with Gasteiger partial charge in [0.1, 0.15) is 17.3 Å². The normalized spacial score (nSPS) is 15.6. The van der Waals surface area contributed by atoms with Crippen LogP contribution < -0.4 is 4.74 Å². The Morgan fingerprint density at radius 2 is 1.80 bits per heavy atom. The van der Waals surface area contributed by atoms with Crippen LogP contribution >= 0.6 is 0 Å². The van der Waals surface area contributed by atoms with E-state index in [1.807, 2.05) is 31.2 Å². The molecule has 1 aromatic carbocycles. The van der Waals surface area contributed by atoms with E-state index in [1.165, 1.54) is 11.6 Å². The molecule has 0 saturated carbocycles. The quantitative estimate of drug-likeness (QED) is 0.709. The highest BCUT2D eigenvalue weighted by molar-refractivity contribution is 5.29. The molecule has 0 N–H and O–H groups in total. The summed E-state index contributed by atoms with van der Waals surface area (Å²) in [5.74, 6) is 1.55. The molecule has 0 amide bonds. The summed E-state index contributed by atoms with van der Waals surface area (Å²) in [4.78, 5) is 0. The number of allylic oxidation sites excluding steroid dienone is 4. The van der Waals surface area contributed by atoms with Crippen LogP contribution in [0.15, 0.2) is 48.0 Å². The molecule has 78 valence electrons. The van der Waals surface area contributed by atoms with E-state index < -0.39 is 0 Å². The first-order valence-corrected chi connectivity index (χ1v) is 5.04. The van der Waals surface area contributed by atoms with Crippen LogP contribution in [0.4, 0.5) is 4.39 Å². The third-order valence-corrected chi connectivity index (χ3v) is 2.33. The van der Waals surface area contributed by atoms with Crippen molar-refractivity contribution in [2.45, 2.75) is 19.8 Å². The molecule has 2 rings (SSSR count). The Labute approximate surface area is 88.9 Å². The fourth-order valence-electron chi connectivity index (χ4n) is 1.44. The van der Waals surface area contributed by atoms with Crippen molar-refractivity contribution in [2.75, 3.05) is 0 Å². The third kappa shape index (κ3) is 2.69. The molecule has 1 nitrogen and oxygen atoms in total. The van der Waals surface area contributed by atoms with Gasteiger partial charge in [0, 0.05) is 12.8 Å². The molecule has 0 aromatic heterocycles. The molecule has 1 aromatic rings. The van der Waals surface area contributed by atoms with Crippen LogP contribution in [0.2, 0.25) is 0 Å². The Morgan fingerprint density at radius 3 is 2.40 bits per heavy atom. The van der Waals surface area contributed by atoms with Gasteiger partial charge in [-0.15, -0.1) is 0 Å². The number of hydrogen-bond donors (Lipinski definition) is 0. The molecule has 0 spiro atoms. The third-order valence-electron chi connectivity index (χ3n) is 2.33. The van der Waals surface area contributed by atoms with Crippen LogP contribution in [-0.2, 0) is 0 Å². The van der Waals surface area contributed by atoms with Crippen molar-refractivity contribution in [2.24, 2.45) is 0 Å². The van der Waals surface area contributed by atoms with Crippen molar-refractivity contribution in [3.8, 4) is 5.75 Å². The molecular formula is C13H13FO. The Bertz CT molecular complexity index is 401. The van der Waals surface area contributed by atoms with Crippen LogP contribution in [0.25, 0.3) is 0 Å². The van der Waals surface area contributed by atoms with Crippen LogP contribution in [0.1, 0.15) is 18.4 Å². The van der Waals surface area contributed by atoms with Gasteiger partial charge < -0.3 is 4.74 Å². The molecule has 0 heterocycles. The number of hydrogen-bond acceptors (Lipinski definition) is 1. The van der Waals surface area contributed by atoms with Gasteiger partial charge in [-0.1, -0.05) is 17.7 Å². The molecule has 0 radical (unpaired) electrons. The minimum Gasteiger partial charge on any atom is -0.462 e. The summed E-state index contributed by atoms with van der Waals surface area (Å²) in [6.45, 7) is 2.03. The van der Waals surface area contributed by atoms with Crippen LogP contribution in [-0.4, -0.2) is 0 Å². The minimum atomic E-state index is -0.0775. The van der Waals surface area contributed by atoms with E-state index in [1.54, 1.807) is 6.08 Å². The van der Waals surface area contributed by atoms with E-state index >= 15 is 0 Å². The van der Waals surface area contributed by atoms with E-state index in [2.05, 4.69) is 0 Å². The number of ether oxygens (including phenoxy) is 1. The second kappa shape index (κ2) is 4.30. The van der Waals surface area contributed by atoms with Crippen molar-refractivity contribution < 1.29 is 9.13 Å². The number of rotatable bonds is 2. The largest absolute Gasteiger partial charge is 0.462 e. The SMILES string of the molecule is Cc1ccc(OC2=CC=C(F)CC2)cc1. The van der Waals surface area contributed by atoms with Gasteiger partial charge in [0.15, 0.2) is 0 Å². The molecule has 0 aliphatic heterocycles. The molecular weight excluding hydrogens is 191 g/mol. The fourth-order valence-corrected chi connectivity index (χ4v) is 1.44. The first kappa shape index (κ1) is 9.97. The second-order valence-corrected chi connectivity index (χ2v) is 3.66. The Kier molecular flexibility index (Phi) is 2.86. The van der Waals surface area contributed by atoms with Crippen molar-refractivity contribution in [1.29, 1.82) is 0 Å². The lowest BCUT2D eigenvalue weighted by Gasteiger charge is -2.12.